The van der Waals surface area contributed by atoms with Gasteiger partial charge in [-0.05, 0) is 23.8 Å². The van der Waals surface area contributed by atoms with Gasteiger partial charge < -0.3 is 19.5 Å². The van der Waals surface area contributed by atoms with Crippen LogP contribution in [-0.4, -0.2) is 74.5 Å². The molecule has 0 saturated carbocycles. The zero-order valence-corrected chi connectivity index (χ0v) is 15.5. The van der Waals surface area contributed by atoms with Crippen LogP contribution >= 0.6 is 11.8 Å². The van der Waals surface area contributed by atoms with Gasteiger partial charge in [-0.1, -0.05) is 11.8 Å². The number of carbonyl (C=O) groups is 1. The topological polar surface area (TPSA) is 84.8 Å². The second kappa shape index (κ2) is 9.56. The summed E-state index contributed by atoms with van der Waals surface area (Å²) in [5.74, 6) is 1.68. The molecule has 0 spiro atoms. The maximum absolute atomic E-state index is 11.1. The third kappa shape index (κ3) is 5.45. The molecule has 0 unspecified atom stereocenters. The molecule has 2 heterocycles. The lowest BCUT2D eigenvalue weighted by Crippen LogP contribution is -2.38. The van der Waals surface area contributed by atoms with E-state index in [1.807, 2.05) is 18.2 Å². The van der Waals surface area contributed by atoms with Crippen LogP contribution in [0.2, 0.25) is 0 Å². The molecule has 0 radical (unpaired) electrons. The first-order valence-electron chi connectivity index (χ1n) is 8.39. The second-order valence-corrected chi connectivity index (χ2v) is 6.66. The van der Waals surface area contributed by atoms with E-state index in [1.54, 1.807) is 13.3 Å². The van der Waals surface area contributed by atoms with Gasteiger partial charge in [0.2, 0.25) is 5.91 Å². The van der Waals surface area contributed by atoms with Crippen molar-refractivity contribution in [1.29, 1.82) is 0 Å². The average molecular weight is 378 g/mol. The average Bonchev–Trinajstić information content (AvgIpc) is 3.08. The smallest absolute Gasteiger partial charge is 0.236 e. The minimum atomic E-state index is -0.0517. The van der Waals surface area contributed by atoms with Crippen LogP contribution in [0.25, 0.3) is 0 Å². The van der Waals surface area contributed by atoms with Crippen molar-refractivity contribution in [2.24, 2.45) is 10.2 Å². The van der Waals surface area contributed by atoms with Crippen molar-refractivity contribution in [3.63, 3.8) is 0 Å². The standard InChI is InChI=1S/C17H22N4O4S/c1-23-15-10-13(11-18-20-17-19-16(22)12-26-17)2-3-14(15)25-9-6-21-4-7-24-8-5-21/h2-3,10-11H,4-9,12H2,1H3,(H,19,20,22). The Morgan fingerprint density at radius 2 is 2.19 bits per heavy atom. The van der Waals surface area contributed by atoms with Crippen molar-refractivity contribution in [2.75, 3.05) is 52.3 Å². The third-order valence-electron chi connectivity index (χ3n) is 3.90. The van der Waals surface area contributed by atoms with Crippen molar-refractivity contribution in [3.05, 3.63) is 23.8 Å². The second-order valence-electron chi connectivity index (χ2n) is 5.70. The summed E-state index contributed by atoms with van der Waals surface area (Å²) < 4.78 is 16.6. The van der Waals surface area contributed by atoms with Crippen molar-refractivity contribution >= 4 is 29.1 Å². The molecule has 3 rings (SSSR count). The summed E-state index contributed by atoms with van der Waals surface area (Å²) in [4.78, 5) is 13.4. The van der Waals surface area contributed by atoms with Gasteiger partial charge in [0.05, 0.1) is 32.3 Å². The van der Waals surface area contributed by atoms with Gasteiger partial charge in [0.15, 0.2) is 16.7 Å². The molecule has 1 aromatic carbocycles. The van der Waals surface area contributed by atoms with Crippen LogP contribution in [0.3, 0.4) is 0 Å². The van der Waals surface area contributed by atoms with Gasteiger partial charge in [-0.25, -0.2) is 0 Å². The van der Waals surface area contributed by atoms with E-state index in [0.29, 0.717) is 29.0 Å². The van der Waals surface area contributed by atoms with Crippen molar-refractivity contribution in [1.82, 2.24) is 10.2 Å². The molecule has 1 aromatic rings. The molecule has 8 nitrogen and oxygen atoms in total. The maximum Gasteiger partial charge on any atom is 0.236 e. The maximum atomic E-state index is 11.1. The fraction of sp³-hybridized carbons (Fsp3) is 0.471. The first-order valence-corrected chi connectivity index (χ1v) is 9.38. The Kier molecular flexibility index (Phi) is 6.87. The Bertz CT molecular complexity index is 689. The SMILES string of the molecule is COc1cc(C=NN=C2NC(=O)CS2)ccc1OCCN1CCOCC1. The highest BCUT2D eigenvalue weighted by Crippen LogP contribution is 2.27. The Balaban J connectivity index is 1.54. The van der Waals surface area contributed by atoms with E-state index < -0.39 is 0 Å². The summed E-state index contributed by atoms with van der Waals surface area (Å²) in [6.07, 6.45) is 1.61. The van der Waals surface area contributed by atoms with Gasteiger partial charge in [-0.15, -0.1) is 5.10 Å². The predicted octanol–water partition coefficient (Wildman–Crippen LogP) is 0.959. The van der Waals surface area contributed by atoms with Crippen LogP contribution in [0.5, 0.6) is 11.5 Å². The molecule has 26 heavy (non-hydrogen) atoms. The van der Waals surface area contributed by atoms with Crippen LogP contribution in [0.1, 0.15) is 5.56 Å². The fourth-order valence-corrected chi connectivity index (χ4v) is 3.15. The number of benzene rings is 1. The molecule has 2 saturated heterocycles. The van der Waals surface area contributed by atoms with Crippen LogP contribution in [0.4, 0.5) is 0 Å². The number of morpholine rings is 1. The van der Waals surface area contributed by atoms with Gasteiger partial charge in [0, 0.05) is 19.6 Å². The number of nitrogens with one attached hydrogen (secondary N) is 1. The van der Waals surface area contributed by atoms with Crippen molar-refractivity contribution in [2.45, 2.75) is 0 Å². The number of hydrogen-bond donors (Lipinski definition) is 1. The normalized spacial score (nSPS) is 19.9. The molecule has 0 aliphatic carbocycles. The molecule has 2 aliphatic heterocycles. The fourth-order valence-electron chi connectivity index (χ4n) is 2.52. The number of rotatable bonds is 7. The van der Waals surface area contributed by atoms with E-state index in [-0.39, 0.29) is 5.91 Å². The first-order chi connectivity index (χ1) is 12.7. The minimum Gasteiger partial charge on any atom is -0.493 e. The highest BCUT2D eigenvalue weighted by molar-refractivity contribution is 8.15. The number of amides is 1. The summed E-state index contributed by atoms with van der Waals surface area (Å²) >= 11 is 1.34. The molecule has 0 bridgehead atoms. The Morgan fingerprint density at radius 1 is 1.35 bits per heavy atom. The quantitative estimate of drug-likeness (QED) is 0.562. The molecule has 0 aromatic heterocycles. The highest BCUT2D eigenvalue weighted by atomic mass is 32.2. The molecule has 140 valence electrons. The van der Waals surface area contributed by atoms with Crippen molar-refractivity contribution < 1.29 is 19.0 Å². The number of methoxy groups -OCH3 is 1. The first kappa shape index (κ1) is 18.7. The van der Waals surface area contributed by atoms with Gasteiger partial charge in [-0.3, -0.25) is 9.69 Å². The largest absolute Gasteiger partial charge is 0.493 e. The van der Waals surface area contributed by atoms with E-state index in [0.717, 1.165) is 38.4 Å². The highest BCUT2D eigenvalue weighted by Gasteiger charge is 2.16. The van der Waals surface area contributed by atoms with E-state index in [9.17, 15) is 4.79 Å². The monoisotopic (exact) mass is 378 g/mol. The zero-order valence-electron chi connectivity index (χ0n) is 14.6. The number of thioether (sulfide) groups is 1. The Labute approximate surface area is 156 Å². The minimum absolute atomic E-state index is 0.0517. The zero-order chi connectivity index (χ0) is 18.2. The van der Waals surface area contributed by atoms with Crippen LogP contribution in [-0.2, 0) is 9.53 Å². The lowest BCUT2D eigenvalue weighted by Gasteiger charge is -2.26. The van der Waals surface area contributed by atoms with Crippen LogP contribution in [0, 0.1) is 0 Å². The number of hydrogen-bond acceptors (Lipinski definition) is 8. The van der Waals surface area contributed by atoms with Gasteiger partial charge in [0.1, 0.15) is 6.61 Å². The third-order valence-corrected chi connectivity index (χ3v) is 4.76. The van der Waals surface area contributed by atoms with E-state index in [2.05, 4.69) is 20.4 Å². The summed E-state index contributed by atoms with van der Waals surface area (Å²) in [5.41, 5.74) is 0.834. The molecule has 2 fully saturated rings. The molecule has 1 amide bonds. The Morgan fingerprint density at radius 3 is 2.92 bits per heavy atom. The predicted molar refractivity (Wildman–Crippen MR) is 101 cm³/mol. The van der Waals surface area contributed by atoms with E-state index in [4.69, 9.17) is 14.2 Å². The molecule has 0 atom stereocenters. The molecular formula is C17H22N4O4S. The molecule has 1 N–H and O–H groups in total. The molecular weight excluding hydrogens is 356 g/mol. The van der Waals surface area contributed by atoms with Gasteiger partial charge >= 0.3 is 0 Å². The molecule has 9 heteroatoms. The Hall–Kier alpha value is -2.10. The summed E-state index contributed by atoms with van der Waals surface area (Å²) in [6, 6.07) is 5.59. The van der Waals surface area contributed by atoms with Crippen LogP contribution < -0.4 is 14.8 Å². The van der Waals surface area contributed by atoms with Gasteiger partial charge in [-0.2, -0.15) is 5.10 Å². The van der Waals surface area contributed by atoms with Crippen molar-refractivity contribution in [3.8, 4) is 11.5 Å². The number of ether oxygens (including phenoxy) is 3. The number of nitrogens with zero attached hydrogens (tertiary/aromatic N) is 3. The lowest BCUT2D eigenvalue weighted by molar-refractivity contribution is -0.116. The number of carbonyl (C=O) groups excluding carboxylic acids is 1. The lowest BCUT2D eigenvalue weighted by atomic mass is 10.2. The summed E-state index contributed by atoms with van der Waals surface area (Å²) in [7, 11) is 1.61. The molecule has 2 aliphatic rings. The number of amidine groups is 1. The van der Waals surface area contributed by atoms with E-state index in [1.165, 1.54) is 11.8 Å². The summed E-state index contributed by atoms with van der Waals surface area (Å²) in [5, 5.41) is 11.1. The van der Waals surface area contributed by atoms with E-state index >= 15 is 0 Å². The van der Waals surface area contributed by atoms with Gasteiger partial charge in [0.25, 0.3) is 0 Å². The summed E-state index contributed by atoms with van der Waals surface area (Å²) in [6.45, 7) is 4.90. The van der Waals surface area contributed by atoms with Crippen LogP contribution in [0.15, 0.2) is 28.4 Å².